The molecule has 2 heterocycles. The van der Waals surface area contributed by atoms with Crippen molar-refractivity contribution in [2.45, 2.75) is 63.5 Å². The highest BCUT2D eigenvalue weighted by molar-refractivity contribution is 7.91. The first-order valence-corrected chi connectivity index (χ1v) is 10.9. The Morgan fingerprint density at radius 3 is 2.46 bits per heavy atom. The summed E-state index contributed by atoms with van der Waals surface area (Å²) in [6.45, 7) is 1.01. The number of nitrogens with one attached hydrogen (secondary N) is 1. The molecule has 0 unspecified atom stereocenters. The Morgan fingerprint density at radius 2 is 1.83 bits per heavy atom. The molecule has 0 aromatic carbocycles. The maximum Gasteiger partial charge on any atom is 0.237 e. The molecule has 0 radical (unpaired) electrons. The molecular weight excluding hydrogens is 326 g/mol. The lowest BCUT2D eigenvalue weighted by atomic mass is 9.69. The summed E-state index contributed by atoms with van der Waals surface area (Å²) in [7, 11) is -2.80. The second kappa shape index (κ2) is 7.01. The van der Waals surface area contributed by atoms with Crippen LogP contribution in [0.4, 0.5) is 0 Å². The molecule has 1 amide bonds. The molecule has 0 bridgehead atoms. The van der Waals surface area contributed by atoms with E-state index in [1.54, 1.807) is 4.90 Å². The Labute approximate surface area is 144 Å². The highest BCUT2D eigenvalue weighted by Gasteiger charge is 2.40. The fourth-order valence-corrected chi connectivity index (χ4v) is 6.13. The number of carbonyl (C=O) groups is 1. The summed E-state index contributed by atoms with van der Waals surface area (Å²) >= 11 is 0. The van der Waals surface area contributed by atoms with Gasteiger partial charge in [0.1, 0.15) is 15.9 Å². The van der Waals surface area contributed by atoms with Crippen molar-refractivity contribution in [3.63, 3.8) is 0 Å². The van der Waals surface area contributed by atoms with Crippen molar-refractivity contribution in [3.05, 3.63) is 0 Å². The number of sulfone groups is 1. The summed E-state index contributed by atoms with van der Waals surface area (Å²) in [6.07, 6.45) is 7.44. The van der Waals surface area contributed by atoms with E-state index in [4.69, 9.17) is 5.26 Å². The SMILES string of the molecule is N#C[C@@H]1CCCN1C(=O)CNC1CCC2(CC1)CCS(=O)(=O)CC2. The number of carbonyl (C=O) groups excluding carboxylic acids is 1. The van der Waals surface area contributed by atoms with Gasteiger partial charge >= 0.3 is 0 Å². The molecule has 1 saturated carbocycles. The van der Waals surface area contributed by atoms with Crippen molar-refractivity contribution in [2.24, 2.45) is 5.41 Å². The molecule has 0 aromatic rings. The highest BCUT2D eigenvalue weighted by Crippen LogP contribution is 2.45. The van der Waals surface area contributed by atoms with Crippen molar-refractivity contribution >= 4 is 15.7 Å². The Kier molecular flexibility index (Phi) is 5.16. The average molecular weight is 353 g/mol. The minimum absolute atomic E-state index is 0.0306. The topological polar surface area (TPSA) is 90.3 Å². The molecule has 1 spiro atoms. The van der Waals surface area contributed by atoms with Crippen molar-refractivity contribution in [3.8, 4) is 6.07 Å². The Balaban J connectivity index is 1.43. The summed E-state index contributed by atoms with van der Waals surface area (Å²) in [6, 6.07) is 2.29. The molecule has 0 aromatic heterocycles. The quantitative estimate of drug-likeness (QED) is 0.824. The number of likely N-dealkylation sites (tertiary alicyclic amines) is 1. The third kappa shape index (κ3) is 3.92. The molecule has 3 rings (SSSR count). The predicted octanol–water partition coefficient (Wildman–Crippen LogP) is 1.23. The molecule has 2 aliphatic heterocycles. The van der Waals surface area contributed by atoms with Crippen molar-refractivity contribution in [2.75, 3.05) is 24.6 Å². The van der Waals surface area contributed by atoms with Crippen LogP contribution in [0.3, 0.4) is 0 Å². The lowest BCUT2D eigenvalue weighted by Gasteiger charge is -2.43. The molecule has 6 nitrogen and oxygen atoms in total. The van der Waals surface area contributed by atoms with Crippen LogP contribution in [0, 0.1) is 16.7 Å². The van der Waals surface area contributed by atoms with Gasteiger partial charge in [-0.15, -0.1) is 0 Å². The van der Waals surface area contributed by atoms with Gasteiger partial charge < -0.3 is 10.2 Å². The predicted molar refractivity (Wildman–Crippen MR) is 90.9 cm³/mol. The van der Waals surface area contributed by atoms with Crippen LogP contribution in [-0.2, 0) is 14.6 Å². The fraction of sp³-hybridized carbons (Fsp3) is 0.882. The van der Waals surface area contributed by atoms with E-state index < -0.39 is 9.84 Å². The van der Waals surface area contributed by atoms with E-state index in [1.165, 1.54) is 0 Å². The second-order valence-corrected chi connectivity index (χ2v) is 9.98. The van der Waals surface area contributed by atoms with Gasteiger partial charge in [-0.3, -0.25) is 4.79 Å². The third-order valence-electron chi connectivity index (χ3n) is 6.20. The molecule has 1 N–H and O–H groups in total. The molecule has 1 atom stereocenters. The maximum atomic E-state index is 12.3. The number of hydrogen-bond acceptors (Lipinski definition) is 5. The van der Waals surface area contributed by atoms with Crippen LogP contribution in [0.15, 0.2) is 0 Å². The first kappa shape index (κ1) is 17.7. The highest BCUT2D eigenvalue weighted by atomic mass is 32.2. The molecule has 134 valence electrons. The number of hydrogen-bond donors (Lipinski definition) is 1. The lowest BCUT2D eigenvalue weighted by Crippen LogP contribution is -2.46. The van der Waals surface area contributed by atoms with Gasteiger partial charge in [0, 0.05) is 12.6 Å². The average Bonchev–Trinajstić information content (AvgIpc) is 3.06. The van der Waals surface area contributed by atoms with E-state index in [9.17, 15) is 13.2 Å². The van der Waals surface area contributed by atoms with Gasteiger partial charge in [-0.25, -0.2) is 8.42 Å². The minimum atomic E-state index is -2.80. The van der Waals surface area contributed by atoms with Gasteiger partial charge in [0.2, 0.25) is 5.91 Å². The molecular formula is C17H27N3O3S. The van der Waals surface area contributed by atoms with E-state index in [-0.39, 0.29) is 17.4 Å². The van der Waals surface area contributed by atoms with E-state index in [2.05, 4.69) is 11.4 Å². The molecule has 3 fully saturated rings. The van der Waals surface area contributed by atoms with Crippen LogP contribution in [0.25, 0.3) is 0 Å². The van der Waals surface area contributed by atoms with Gasteiger partial charge in [-0.1, -0.05) is 0 Å². The number of nitrogens with zero attached hydrogens (tertiary/aromatic N) is 2. The lowest BCUT2D eigenvalue weighted by molar-refractivity contribution is -0.130. The van der Waals surface area contributed by atoms with Crippen molar-refractivity contribution < 1.29 is 13.2 Å². The van der Waals surface area contributed by atoms with E-state index >= 15 is 0 Å². The first-order chi connectivity index (χ1) is 11.4. The van der Waals surface area contributed by atoms with E-state index in [0.717, 1.165) is 51.4 Å². The third-order valence-corrected chi connectivity index (χ3v) is 7.85. The minimum Gasteiger partial charge on any atom is -0.326 e. The first-order valence-electron chi connectivity index (χ1n) is 9.06. The molecule has 1 aliphatic carbocycles. The number of rotatable bonds is 3. The standard InChI is InChI=1S/C17H27N3O3S/c18-12-15-2-1-9-20(15)16(21)13-19-14-3-5-17(6-4-14)7-10-24(22,23)11-8-17/h14-15,19H,1-11,13H2/t15-/m0/s1. The van der Waals surface area contributed by atoms with E-state index in [0.29, 0.717) is 30.6 Å². The molecule has 3 aliphatic rings. The monoisotopic (exact) mass is 353 g/mol. The summed E-state index contributed by atoms with van der Waals surface area (Å²) in [5.74, 6) is 0.713. The normalized spacial score (nSPS) is 29.5. The van der Waals surface area contributed by atoms with Gasteiger partial charge in [0.15, 0.2) is 0 Å². The number of nitriles is 1. The van der Waals surface area contributed by atoms with E-state index in [1.807, 2.05) is 0 Å². The van der Waals surface area contributed by atoms with Gasteiger partial charge in [0.25, 0.3) is 0 Å². The maximum absolute atomic E-state index is 12.3. The molecule has 2 saturated heterocycles. The zero-order valence-electron chi connectivity index (χ0n) is 14.2. The fourth-order valence-electron chi connectivity index (χ4n) is 4.44. The Morgan fingerprint density at radius 1 is 1.17 bits per heavy atom. The second-order valence-electron chi connectivity index (χ2n) is 7.68. The van der Waals surface area contributed by atoms with Gasteiger partial charge in [-0.2, -0.15) is 5.26 Å². The summed E-state index contributed by atoms with van der Waals surface area (Å²) in [4.78, 5) is 14.0. The van der Waals surface area contributed by atoms with Crippen LogP contribution in [0.2, 0.25) is 0 Å². The zero-order valence-corrected chi connectivity index (χ0v) is 15.0. The van der Waals surface area contributed by atoms with Gasteiger partial charge in [0.05, 0.1) is 24.1 Å². The summed E-state index contributed by atoms with van der Waals surface area (Å²) in [5, 5.41) is 12.4. The van der Waals surface area contributed by atoms with Crippen LogP contribution < -0.4 is 5.32 Å². The van der Waals surface area contributed by atoms with Crippen LogP contribution in [0.1, 0.15) is 51.4 Å². The zero-order chi connectivity index (χ0) is 17.2. The number of amides is 1. The molecule has 24 heavy (non-hydrogen) atoms. The summed E-state index contributed by atoms with van der Waals surface area (Å²) < 4.78 is 23.2. The van der Waals surface area contributed by atoms with Crippen molar-refractivity contribution in [1.29, 1.82) is 5.26 Å². The van der Waals surface area contributed by atoms with Crippen LogP contribution in [0.5, 0.6) is 0 Å². The largest absolute Gasteiger partial charge is 0.326 e. The smallest absolute Gasteiger partial charge is 0.237 e. The Bertz CT molecular complexity index is 601. The Hall–Kier alpha value is -1.13. The van der Waals surface area contributed by atoms with Crippen LogP contribution in [-0.4, -0.2) is 55.9 Å². The van der Waals surface area contributed by atoms with Crippen LogP contribution >= 0.6 is 0 Å². The summed E-state index contributed by atoms with van der Waals surface area (Å²) in [5.41, 5.74) is 0.217. The van der Waals surface area contributed by atoms with Gasteiger partial charge in [-0.05, 0) is 56.8 Å². The van der Waals surface area contributed by atoms with Crippen molar-refractivity contribution in [1.82, 2.24) is 10.2 Å². The molecule has 7 heteroatoms.